The van der Waals surface area contributed by atoms with Gasteiger partial charge in [0.25, 0.3) is 0 Å². The van der Waals surface area contributed by atoms with E-state index >= 15 is 0 Å². The summed E-state index contributed by atoms with van der Waals surface area (Å²) in [6.45, 7) is 4.30. The van der Waals surface area contributed by atoms with Gasteiger partial charge in [-0.3, -0.25) is 4.79 Å². The molecule has 0 spiro atoms. The second-order valence-corrected chi connectivity index (χ2v) is 7.03. The van der Waals surface area contributed by atoms with Gasteiger partial charge in [0.05, 0.1) is 12.2 Å². The van der Waals surface area contributed by atoms with Crippen molar-refractivity contribution < 1.29 is 14.3 Å². The van der Waals surface area contributed by atoms with Crippen LogP contribution in [0.15, 0.2) is 41.9 Å². The zero-order valence-corrected chi connectivity index (χ0v) is 15.7. The second-order valence-electron chi connectivity index (χ2n) is 5.84. The molecule has 0 bridgehead atoms. The fourth-order valence-corrected chi connectivity index (χ4v) is 3.83. The van der Waals surface area contributed by atoms with E-state index < -0.39 is 5.25 Å². The predicted molar refractivity (Wildman–Crippen MR) is 104 cm³/mol. The molecule has 1 fully saturated rings. The van der Waals surface area contributed by atoms with Crippen LogP contribution in [-0.4, -0.2) is 29.4 Å². The van der Waals surface area contributed by atoms with E-state index in [1.54, 1.807) is 30.3 Å². The van der Waals surface area contributed by atoms with Crippen LogP contribution in [-0.2, 0) is 9.53 Å². The predicted octanol–water partition coefficient (Wildman–Crippen LogP) is 3.05. The number of hydrogen-bond acceptors (Lipinski definition) is 8. The molecule has 28 heavy (non-hydrogen) atoms. The summed E-state index contributed by atoms with van der Waals surface area (Å²) in [6, 6.07) is 11.1. The first-order valence-corrected chi connectivity index (χ1v) is 9.28. The van der Waals surface area contributed by atoms with Gasteiger partial charge in [0.1, 0.15) is 46.2 Å². The number of nitrogens with two attached hydrogens (primary N) is 1. The molecule has 7 nitrogen and oxygen atoms in total. The number of carbonyl (C=O) groups is 1. The molecule has 1 aliphatic rings. The number of esters is 1. The Morgan fingerprint density at radius 3 is 2.61 bits per heavy atom. The van der Waals surface area contributed by atoms with Crippen molar-refractivity contribution in [2.75, 3.05) is 18.9 Å². The number of anilines is 1. The summed E-state index contributed by atoms with van der Waals surface area (Å²) in [5.74, 6) is 0.298. The number of pyridine rings is 1. The second kappa shape index (κ2) is 8.47. The Labute approximate surface area is 166 Å². The SMILES string of the molecule is C=CCOc1ccc(-c2c(C#N)c(N)nc(SC3CCOC3=O)c2C#N)cc1. The number of rotatable bonds is 6. The fourth-order valence-electron chi connectivity index (χ4n) is 2.76. The maximum absolute atomic E-state index is 11.8. The number of carbonyl (C=O) groups excluding carboxylic acids is 1. The average molecular weight is 392 g/mol. The van der Waals surface area contributed by atoms with E-state index in [0.29, 0.717) is 41.5 Å². The summed E-state index contributed by atoms with van der Waals surface area (Å²) >= 11 is 1.13. The number of benzene rings is 1. The number of ether oxygens (including phenoxy) is 2. The minimum absolute atomic E-state index is 0.0114. The number of aromatic nitrogens is 1. The molecule has 140 valence electrons. The lowest BCUT2D eigenvalue weighted by molar-refractivity contribution is -0.137. The van der Waals surface area contributed by atoms with Crippen molar-refractivity contribution in [3.05, 3.63) is 48.0 Å². The monoisotopic (exact) mass is 392 g/mol. The van der Waals surface area contributed by atoms with Crippen molar-refractivity contribution in [1.29, 1.82) is 10.5 Å². The summed E-state index contributed by atoms with van der Waals surface area (Å²) in [4.78, 5) is 16.0. The molecule has 1 atom stereocenters. The van der Waals surface area contributed by atoms with Crippen LogP contribution >= 0.6 is 11.8 Å². The lowest BCUT2D eigenvalue weighted by Crippen LogP contribution is -2.11. The highest BCUT2D eigenvalue weighted by atomic mass is 32.2. The molecule has 1 aliphatic heterocycles. The van der Waals surface area contributed by atoms with Crippen LogP contribution in [0.4, 0.5) is 5.82 Å². The normalized spacial score (nSPS) is 15.4. The Hall–Kier alpha value is -3.49. The van der Waals surface area contributed by atoms with Gasteiger partial charge in [0, 0.05) is 12.0 Å². The highest BCUT2D eigenvalue weighted by molar-refractivity contribution is 8.00. The molecular formula is C20H16N4O3S. The van der Waals surface area contributed by atoms with Crippen LogP contribution in [0.1, 0.15) is 17.5 Å². The molecule has 0 radical (unpaired) electrons. The molecule has 8 heteroatoms. The highest BCUT2D eigenvalue weighted by Crippen LogP contribution is 2.38. The molecule has 2 N–H and O–H groups in total. The molecule has 1 aromatic heterocycles. The van der Waals surface area contributed by atoms with E-state index in [1.165, 1.54) is 0 Å². The zero-order chi connectivity index (χ0) is 20.1. The third-order valence-electron chi connectivity index (χ3n) is 4.07. The Bertz CT molecular complexity index is 1010. The largest absolute Gasteiger partial charge is 0.490 e. The summed E-state index contributed by atoms with van der Waals surface area (Å²) in [5.41, 5.74) is 7.33. The minimum atomic E-state index is -0.450. The van der Waals surface area contributed by atoms with Crippen molar-refractivity contribution in [2.24, 2.45) is 0 Å². The smallest absolute Gasteiger partial charge is 0.319 e. The molecule has 1 unspecified atom stereocenters. The molecule has 0 aliphatic carbocycles. The van der Waals surface area contributed by atoms with Gasteiger partial charge in [-0.2, -0.15) is 10.5 Å². The van der Waals surface area contributed by atoms with Gasteiger partial charge in [0.2, 0.25) is 0 Å². The van der Waals surface area contributed by atoms with Gasteiger partial charge in [0.15, 0.2) is 0 Å². The Morgan fingerprint density at radius 2 is 2.04 bits per heavy atom. The number of thioether (sulfide) groups is 1. The minimum Gasteiger partial charge on any atom is -0.490 e. The molecular weight excluding hydrogens is 376 g/mol. The first kappa shape index (κ1) is 19.3. The number of nitriles is 2. The number of hydrogen-bond donors (Lipinski definition) is 1. The maximum Gasteiger partial charge on any atom is 0.319 e. The highest BCUT2D eigenvalue weighted by Gasteiger charge is 2.30. The van der Waals surface area contributed by atoms with Crippen LogP contribution in [0.25, 0.3) is 11.1 Å². The van der Waals surface area contributed by atoms with Crippen molar-refractivity contribution in [3.63, 3.8) is 0 Å². The summed E-state index contributed by atoms with van der Waals surface area (Å²) in [7, 11) is 0. The summed E-state index contributed by atoms with van der Waals surface area (Å²) < 4.78 is 10.4. The fraction of sp³-hybridized carbons (Fsp3) is 0.200. The Morgan fingerprint density at radius 1 is 1.32 bits per heavy atom. The van der Waals surface area contributed by atoms with E-state index in [-0.39, 0.29) is 22.9 Å². The van der Waals surface area contributed by atoms with E-state index in [0.717, 1.165) is 11.8 Å². The van der Waals surface area contributed by atoms with Gasteiger partial charge in [-0.15, -0.1) is 0 Å². The lowest BCUT2D eigenvalue weighted by Gasteiger charge is -2.14. The third-order valence-corrected chi connectivity index (χ3v) is 5.30. The lowest BCUT2D eigenvalue weighted by atomic mass is 9.97. The van der Waals surface area contributed by atoms with Crippen molar-refractivity contribution in [2.45, 2.75) is 16.7 Å². The maximum atomic E-state index is 11.8. The average Bonchev–Trinajstić information content (AvgIpc) is 3.11. The van der Waals surface area contributed by atoms with Gasteiger partial charge >= 0.3 is 5.97 Å². The Balaban J connectivity index is 2.08. The number of nitrogen functional groups attached to an aromatic ring is 1. The van der Waals surface area contributed by atoms with Crippen molar-refractivity contribution in [3.8, 4) is 29.0 Å². The first-order valence-electron chi connectivity index (χ1n) is 8.40. The van der Waals surface area contributed by atoms with Crippen LogP contribution in [0, 0.1) is 22.7 Å². The molecule has 0 saturated carbocycles. The van der Waals surface area contributed by atoms with Crippen LogP contribution in [0.5, 0.6) is 5.75 Å². The van der Waals surface area contributed by atoms with Gasteiger partial charge in [-0.05, 0) is 17.7 Å². The molecule has 3 rings (SSSR count). The van der Waals surface area contributed by atoms with Crippen LogP contribution < -0.4 is 10.5 Å². The van der Waals surface area contributed by atoms with Crippen LogP contribution in [0.3, 0.4) is 0 Å². The van der Waals surface area contributed by atoms with Gasteiger partial charge in [-0.25, -0.2) is 4.98 Å². The molecule has 1 saturated heterocycles. The molecule has 1 aromatic carbocycles. The third kappa shape index (κ3) is 3.78. The summed E-state index contributed by atoms with van der Waals surface area (Å²) in [6.07, 6.45) is 2.16. The van der Waals surface area contributed by atoms with Gasteiger partial charge < -0.3 is 15.2 Å². The molecule has 2 heterocycles. The van der Waals surface area contributed by atoms with Gasteiger partial charge in [-0.1, -0.05) is 36.5 Å². The van der Waals surface area contributed by atoms with Crippen molar-refractivity contribution in [1.82, 2.24) is 4.98 Å². The van der Waals surface area contributed by atoms with E-state index in [9.17, 15) is 15.3 Å². The number of nitrogens with zero attached hydrogens (tertiary/aromatic N) is 3. The molecule has 0 amide bonds. The number of cyclic esters (lactones) is 1. The zero-order valence-electron chi connectivity index (χ0n) is 14.8. The first-order chi connectivity index (χ1) is 13.6. The summed E-state index contributed by atoms with van der Waals surface area (Å²) in [5, 5.41) is 19.2. The van der Waals surface area contributed by atoms with E-state index in [1.807, 2.05) is 6.07 Å². The van der Waals surface area contributed by atoms with E-state index in [2.05, 4.69) is 17.6 Å². The Kier molecular flexibility index (Phi) is 5.83. The van der Waals surface area contributed by atoms with Crippen molar-refractivity contribution >= 4 is 23.5 Å². The quantitative estimate of drug-likeness (QED) is 0.588. The molecule has 2 aromatic rings. The standard InChI is InChI=1S/C20H16N4O3S/c1-2-8-26-13-5-3-12(4-6-13)17-14(10-21)18(23)24-19(15(17)11-22)28-16-7-9-27-20(16)25/h2-6,16H,1,7-9H2,(H2,23,24). The van der Waals surface area contributed by atoms with E-state index in [4.69, 9.17) is 15.2 Å². The van der Waals surface area contributed by atoms with Crippen LogP contribution in [0.2, 0.25) is 0 Å². The topological polar surface area (TPSA) is 122 Å².